The van der Waals surface area contributed by atoms with E-state index in [0.29, 0.717) is 11.9 Å². The molecule has 1 aromatic heterocycles. The predicted octanol–water partition coefficient (Wildman–Crippen LogP) is 0.488. The fraction of sp³-hybridized carbons (Fsp3) is 0.250. The monoisotopic (exact) mass is 244 g/mol. The summed E-state index contributed by atoms with van der Waals surface area (Å²) in [5.41, 5.74) is 0.0782. The summed E-state index contributed by atoms with van der Waals surface area (Å²) in [6.45, 7) is 4.15. The molecular weight excluding hydrogens is 236 g/mol. The van der Waals surface area contributed by atoms with E-state index in [4.69, 9.17) is 0 Å². The summed E-state index contributed by atoms with van der Waals surface area (Å²) in [6, 6.07) is 1.31. The zero-order chi connectivity index (χ0) is 9.84. The van der Waals surface area contributed by atoms with E-state index in [0.717, 1.165) is 5.57 Å². The third kappa shape index (κ3) is 2.69. The van der Waals surface area contributed by atoms with Crippen LogP contribution in [0.25, 0.3) is 0 Å². The lowest BCUT2D eigenvalue weighted by Gasteiger charge is -2.03. The second kappa shape index (κ2) is 4.23. The maximum atomic E-state index is 11.1. The number of H-pyrrole nitrogens is 1. The van der Waals surface area contributed by atoms with Gasteiger partial charge in [-0.2, -0.15) is 0 Å². The van der Waals surface area contributed by atoms with Crippen LogP contribution in [0.15, 0.2) is 34.0 Å². The summed E-state index contributed by atoms with van der Waals surface area (Å²) in [5, 5.41) is 0.637. The Bertz CT molecular complexity index is 419. The Kier molecular flexibility index (Phi) is 3.25. The largest absolute Gasteiger partial charge is 0.328 e. The first-order chi connectivity index (χ1) is 6.13. The normalized spacial score (nSPS) is 9.92. The molecule has 0 saturated carbocycles. The highest BCUT2D eigenvalue weighted by Gasteiger charge is 1.97. The molecule has 0 unspecified atom stereocenters. The Labute approximate surface area is 83.0 Å². The summed E-state index contributed by atoms with van der Waals surface area (Å²) in [6.07, 6.45) is 1.45. The summed E-state index contributed by atoms with van der Waals surface area (Å²) in [4.78, 5) is 24.0. The van der Waals surface area contributed by atoms with Crippen LogP contribution in [0.4, 0.5) is 0 Å². The van der Waals surface area contributed by atoms with E-state index >= 15 is 0 Å². The molecule has 4 nitrogen and oxygen atoms in total. The van der Waals surface area contributed by atoms with Crippen LogP contribution in [-0.4, -0.2) is 14.9 Å². The fourth-order valence-electron chi connectivity index (χ4n) is 0.852. The van der Waals surface area contributed by atoms with Crippen LogP contribution >= 0.6 is 15.9 Å². The molecule has 5 heteroatoms. The first kappa shape index (κ1) is 9.98. The quantitative estimate of drug-likeness (QED) is 0.622. The lowest BCUT2D eigenvalue weighted by molar-refractivity contribution is 0.714. The first-order valence-electron chi connectivity index (χ1n) is 3.66. The van der Waals surface area contributed by atoms with Gasteiger partial charge in [-0.1, -0.05) is 22.5 Å². The van der Waals surface area contributed by atoms with Crippen LogP contribution in [0.5, 0.6) is 0 Å². The number of hydrogen-bond acceptors (Lipinski definition) is 2. The molecule has 1 heterocycles. The number of aromatic amines is 1. The lowest BCUT2D eigenvalue weighted by Crippen LogP contribution is -2.29. The number of hydrogen-bond donors (Lipinski definition) is 1. The standard InChI is InChI=1S/C8H9BrN2O2/c1-6(4-9)5-11-3-2-7(12)10-8(11)13/h2-3H,1,4-5H2,(H,10,12,13). The van der Waals surface area contributed by atoms with Crippen LogP contribution in [0.3, 0.4) is 0 Å². The maximum Gasteiger partial charge on any atom is 0.328 e. The van der Waals surface area contributed by atoms with E-state index in [9.17, 15) is 9.59 Å². The Morgan fingerprint density at radius 3 is 2.85 bits per heavy atom. The molecule has 0 saturated heterocycles. The number of alkyl halides is 1. The smallest absolute Gasteiger partial charge is 0.296 e. The van der Waals surface area contributed by atoms with Crippen molar-refractivity contribution in [3.05, 3.63) is 45.3 Å². The SMILES string of the molecule is C=C(CBr)Cn1ccc(=O)[nH]c1=O. The highest BCUT2D eigenvalue weighted by atomic mass is 79.9. The fourth-order valence-corrected chi connectivity index (χ4v) is 1.03. The number of halogens is 1. The first-order valence-corrected chi connectivity index (χ1v) is 4.78. The summed E-state index contributed by atoms with van der Waals surface area (Å²) in [5.74, 6) is 0. The van der Waals surface area contributed by atoms with E-state index in [1.807, 2.05) is 0 Å². The van der Waals surface area contributed by atoms with E-state index < -0.39 is 5.69 Å². The Morgan fingerprint density at radius 1 is 1.62 bits per heavy atom. The van der Waals surface area contributed by atoms with Crippen molar-refractivity contribution in [2.45, 2.75) is 6.54 Å². The van der Waals surface area contributed by atoms with E-state index in [2.05, 4.69) is 27.5 Å². The molecule has 0 atom stereocenters. The highest BCUT2D eigenvalue weighted by Crippen LogP contribution is 1.97. The van der Waals surface area contributed by atoms with Crippen molar-refractivity contribution in [2.24, 2.45) is 0 Å². The van der Waals surface area contributed by atoms with Gasteiger partial charge in [-0.3, -0.25) is 14.3 Å². The molecule has 70 valence electrons. The van der Waals surface area contributed by atoms with E-state index in [-0.39, 0.29) is 5.56 Å². The number of allylic oxidation sites excluding steroid dienone is 1. The molecule has 0 aliphatic rings. The van der Waals surface area contributed by atoms with Crippen molar-refractivity contribution >= 4 is 15.9 Å². The van der Waals surface area contributed by atoms with Crippen molar-refractivity contribution in [3.8, 4) is 0 Å². The van der Waals surface area contributed by atoms with Crippen molar-refractivity contribution in [2.75, 3.05) is 5.33 Å². The van der Waals surface area contributed by atoms with Gasteiger partial charge in [0.05, 0.1) is 0 Å². The maximum absolute atomic E-state index is 11.1. The van der Waals surface area contributed by atoms with Gasteiger partial charge in [-0.15, -0.1) is 0 Å². The van der Waals surface area contributed by atoms with Crippen LogP contribution in [0.1, 0.15) is 0 Å². The van der Waals surface area contributed by atoms with Crippen molar-refractivity contribution in [1.29, 1.82) is 0 Å². The zero-order valence-electron chi connectivity index (χ0n) is 6.92. The van der Waals surface area contributed by atoms with E-state index in [1.165, 1.54) is 16.8 Å². The third-order valence-corrected chi connectivity index (χ3v) is 2.27. The Hall–Kier alpha value is -1.10. The molecule has 1 aromatic rings. The second-order valence-corrected chi connectivity index (χ2v) is 3.18. The molecule has 13 heavy (non-hydrogen) atoms. The summed E-state index contributed by atoms with van der Waals surface area (Å²) >= 11 is 3.22. The molecule has 1 rings (SSSR count). The van der Waals surface area contributed by atoms with Crippen LogP contribution < -0.4 is 11.2 Å². The molecule has 0 aliphatic carbocycles. The van der Waals surface area contributed by atoms with Gasteiger partial charge in [0, 0.05) is 24.1 Å². The topological polar surface area (TPSA) is 54.9 Å². The minimum absolute atomic E-state index is 0.384. The van der Waals surface area contributed by atoms with Crippen LogP contribution in [-0.2, 0) is 6.54 Å². The number of aromatic nitrogens is 2. The van der Waals surface area contributed by atoms with E-state index in [1.54, 1.807) is 0 Å². The van der Waals surface area contributed by atoms with Crippen molar-refractivity contribution < 1.29 is 0 Å². The number of nitrogens with zero attached hydrogens (tertiary/aromatic N) is 1. The minimum atomic E-state index is -0.408. The minimum Gasteiger partial charge on any atom is -0.296 e. The molecular formula is C8H9BrN2O2. The number of rotatable bonds is 3. The molecule has 0 bridgehead atoms. The highest BCUT2D eigenvalue weighted by molar-refractivity contribution is 9.09. The van der Waals surface area contributed by atoms with Crippen molar-refractivity contribution in [1.82, 2.24) is 9.55 Å². The predicted molar refractivity (Wildman–Crippen MR) is 54.3 cm³/mol. The van der Waals surface area contributed by atoms with Gasteiger partial charge in [0.25, 0.3) is 5.56 Å². The number of nitrogens with one attached hydrogen (secondary N) is 1. The van der Waals surface area contributed by atoms with Gasteiger partial charge < -0.3 is 0 Å². The molecule has 1 N–H and O–H groups in total. The molecule has 0 spiro atoms. The van der Waals surface area contributed by atoms with Gasteiger partial charge in [-0.25, -0.2) is 4.79 Å². The second-order valence-electron chi connectivity index (χ2n) is 2.62. The zero-order valence-corrected chi connectivity index (χ0v) is 8.50. The molecule has 0 aliphatic heterocycles. The third-order valence-electron chi connectivity index (χ3n) is 1.48. The van der Waals surface area contributed by atoms with Gasteiger partial charge >= 0.3 is 5.69 Å². The van der Waals surface area contributed by atoms with Gasteiger partial charge in [-0.05, 0) is 5.57 Å². The Balaban J connectivity index is 2.97. The van der Waals surface area contributed by atoms with Crippen molar-refractivity contribution in [3.63, 3.8) is 0 Å². The molecule has 0 radical (unpaired) electrons. The lowest BCUT2D eigenvalue weighted by atomic mass is 10.3. The molecule has 0 amide bonds. The average Bonchev–Trinajstić information content (AvgIpc) is 2.09. The Morgan fingerprint density at radius 2 is 2.31 bits per heavy atom. The summed E-state index contributed by atoms with van der Waals surface area (Å²) in [7, 11) is 0. The van der Waals surface area contributed by atoms with Gasteiger partial charge in [0.2, 0.25) is 0 Å². The molecule has 0 fully saturated rings. The average molecular weight is 245 g/mol. The van der Waals surface area contributed by atoms with Gasteiger partial charge in [0.15, 0.2) is 0 Å². The van der Waals surface area contributed by atoms with Gasteiger partial charge in [0.1, 0.15) is 0 Å². The van der Waals surface area contributed by atoms with Crippen LogP contribution in [0, 0.1) is 0 Å². The van der Waals surface area contributed by atoms with Crippen LogP contribution in [0.2, 0.25) is 0 Å². The summed E-state index contributed by atoms with van der Waals surface area (Å²) < 4.78 is 1.39. The molecule has 0 aromatic carbocycles.